The summed E-state index contributed by atoms with van der Waals surface area (Å²) in [5, 5.41) is 14.1. The average Bonchev–Trinajstić information content (AvgIpc) is 3.23. The molecule has 2 heterocycles. The van der Waals surface area contributed by atoms with E-state index in [1.54, 1.807) is 32.2 Å². The fourth-order valence-corrected chi connectivity index (χ4v) is 3.78. The third-order valence-electron chi connectivity index (χ3n) is 5.32. The quantitative estimate of drug-likeness (QED) is 0.629. The molecular weight excluding hydrogens is 360 g/mol. The highest BCUT2D eigenvalue weighted by molar-refractivity contribution is 6.10. The third-order valence-corrected chi connectivity index (χ3v) is 5.32. The molecule has 0 bridgehead atoms. The first-order chi connectivity index (χ1) is 13.5. The number of likely N-dealkylation sites (tertiary alicyclic amines) is 1. The van der Waals surface area contributed by atoms with E-state index in [0.29, 0.717) is 24.4 Å². The van der Waals surface area contributed by atoms with Crippen LogP contribution in [0.25, 0.3) is 11.4 Å². The molecule has 9 nitrogen and oxygen atoms in total. The van der Waals surface area contributed by atoms with Crippen molar-refractivity contribution in [3.05, 3.63) is 36.4 Å². The number of aromatic nitrogens is 4. The molecule has 9 heteroatoms. The van der Waals surface area contributed by atoms with Gasteiger partial charge in [0.05, 0.1) is 11.8 Å². The van der Waals surface area contributed by atoms with Gasteiger partial charge in [0.2, 0.25) is 17.7 Å². The number of hydrogen-bond acceptors (Lipinski definition) is 6. The molecule has 1 aromatic carbocycles. The van der Waals surface area contributed by atoms with E-state index in [1.165, 1.54) is 4.68 Å². The van der Waals surface area contributed by atoms with Gasteiger partial charge in [0.1, 0.15) is 6.04 Å². The number of benzene rings is 1. The van der Waals surface area contributed by atoms with Crippen molar-refractivity contribution < 1.29 is 14.4 Å². The summed E-state index contributed by atoms with van der Waals surface area (Å²) in [4.78, 5) is 39.2. The highest BCUT2D eigenvalue weighted by Crippen LogP contribution is 2.36. The summed E-state index contributed by atoms with van der Waals surface area (Å²) in [7, 11) is 1.72. The van der Waals surface area contributed by atoms with Crippen LogP contribution in [0.2, 0.25) is 0 Å². The van der Waals surface area contributed by atoms with Gasteiger partial charge in [-0.2, -0.15) is 0 Å². The number of imide groups is 1. The molecule has 28 heavy (non-hydrogen) atoms. The number of carbonyl (C=O) groups is 3. The first-order valence-electron chi connectivity index (χ1n) is 9.13. The van der Waals surface area contributed by atoms with Gasteiger partial charge >= 0.3 is 0 Å². The van der Waals surface area contributed by atoms with Crippen LogP contribution in [0, 0.1) is 11.8 Å². The van der Waals surface area contributed by atoms with Crippen molar-refractivity contribution in [2.75, 3.05) is 5.32 Å². The molecule has 0 radical (unpaired) electrons. The maximum atomic E-state index is 12.7. The Labute approximate surface area is 161 Å². The molecule has 1 aliphatic carbocycles. The van der Waals surface area contributed by atoms with Gasteiger partial charge in [-0.3, -0.25) is 19.3 Å². The van der Waals surface area contributed by atoms with Crippen LogP contribution in [-0.4, -0.2) is 48.9 Å². The summed E-state index contributed by atoms with van der Waals surface area (Å²) < 4.78 is 1.53. The van der Waals surface area contributed by atoms with Crippen LogP contribution in [-0.2, 0) is 21.4 Å². The van der Waals surface area contributed by atoms with E-state index in [9.17, 15) is 14.4 Å². The lowest BCUT2D eigenvalue weighted by atomic mass is 9.85. The van der Waals surface area contributed by atoms with Crippen molar-refractivity contribution in [3.8, 4) is 11.4 Å². The summed E-state index contributed by atoms with van der Waals surface area (Å²) in [6.07, 6.45) is 4.95. The largest absolute Gasteiger partial charge is 0.324 e. The van der Waals surface area contributed by atoms with Crippen molar-refractivity contribution in [3.63, 3.8) is 0 Å². The van der Waals surface area contributed by atoms with Crippen molar-refractivity contribution in [1.82, 2.24) is 25.1 Å². The number of nitrogens with zero attached hydrogens (tertiary/aromatic N) is 5. The minimum absolute atomic E-state index is 0.263. The fourth-order valence-electron chi connectivity index (χ4n) is 3.78. The Kier molecular flexibility index (Phi) is 4.50. The molecular formula is C19H20N6O3. The lowest BCUT2D eigenvalue weighted by Crippen LogP contribution is -2.46. The van der Waals surface area contributed by atoms with E-state index in [-0.39, 0.29) is 23.7 Å². The third kappa shape index (κ3) is 2.98. The molecule has 0 spiro atoms. The summed E-state index contributed by atoms with van der Waals surface area (Å²) in [6.45, 7) is 1.58. The number of allylic oxidation sites excluding steroid dienone is 2. The minimum Gasteiger partial charge on any atom is -0.324 e. The highest BCUT2D eigenvalue weighted by atomic mass is 16.2. The topological polar surface area (TPSA) is 110 Å². The summed E-state index contributed by atoms with van der Waals surface area (Å²) >= 11 is 0. The van der Waals surface area contributed by atoms with Crippen LogP contribution in [0.4, 0.5) is 5.69 Å². The molecule has 3 amide bonds. The Morgan fingerprint density at radius 2 is 1.86 bits per heavy atom. The number of aryl methyl sites for hydroxylation is 1. The Hall–Kier alpha value is -3.36. The van der Waals surface area contributed by atoms with Crippen molar-refractivity contribution >= 4 is 23.4 Å². The number of fused-ring (bicyclic) bond motifs is 1. The van der Waals surface area contributed by atoms with Crippen LogP contribution in [0.15, 0.2) is 36.4 Å². The zero-order valence-corrected chi connectivity index (χ0v) is 15.6. The molecule has 144 valence electrons. The smallest absolute Gasteiger partial charge is 0.247 e. The maximum absolute atomic E-state index is 12.7. The summed E-state index contributed by atoms with van der Waals surface area (Å²) in [5.74, 6) is -1.08. The molecule has 4 rings (SSSR count). The highest BCUT2D eigenvalue weighted by Gasteiger charge is 2.50. The van der Waals surface area contributed by atoms with Crippen molar-refractivity contribution in [2.24, 2.45) is 18.9 Å². The summed E-state index contributed by atoms with van der Waals surface area (Å²) in [6, 6.07) is 6.20. The predicted octanol–water partition coefficient (Wildman–Crippen LogP) is 1.16. The second kappa shape index (κ2) is 6.99. The normalized spacial score (nSPS) is 22.3. The zero-order valence-electron chi connectivity index (χ0n) is 15.6. The van der Waals surface area contributed by atoms with Crippen LogP contribution in [0.1, 0.15) is 19.8 Å². The zero-order chi connectivity index (χ0) is 19.8. The molecule has 1 saturated heterocycles. The van der Waals surface area contributed by atoms with Gasteiger partial charge in [-0.1, -0.05) is 24.3 Å². The number of nitrogens with one attached hydrogen (secondary N) is 1. The fraction of sp³-hybridized carbons (Fsp3) is 0.368. The molecule has 2 aromatic rings. The van der Waals surface area contributed by atoms with Crippen molar-refractivity contribution in [1.29, 1.82) is 0 Å². The minimum atomic E-state index is -0.884. The monoisotopic (exact) mass is 380 g/mol. The Morgan fingerprint density at radius 1 is 1.18 bits per heavy atom. The van der Waals surface area contributed by atoms with E-state index in [0.717, 1.165) is 10.5 Å². The Bertz CT molecular complexity index is 956. The van der Waals surface area contributed by atoms with Crippen LogP contribution in [0.5, 0.6) is 0 Å². The Morgan fingerprint density at radius 3 is 2.46 bits per heavy atom. The van der Waals surface area contributed by atoms with Crippen molar-refractivity contribution in [2.45, 2.75) is 25.8 Å². The van der Waals surface area contributed by atoms with Crippen LogP contribution < -0.4 is 5.32 Å². The van der Waals surface area contributed by atoms with Crippen LogP contribution >= 0.6 is 0 Å². The van der Waals surface area contributed by atoms with E-state index in [2.05, 4.69) is 20.8 Å². The number of anilines is 1. The van der Waals surface area contributed by atoms with Gasteiger partial charge in [-0.25, -0.2) is 4.68 Å². The summed E-state index contributed by atoms with van der Waals surface area (Å²) in [5.41, 5.74) is 1.28. The van der Waals surface area contributed by atoms with Gasteiger partial charge in [0.15, 0.2) is 5.82 Å². The molecule has 1 N–H and O–H groups in total. The number of amides is 3. The second-order valence-corrected chi connectivity index (χ2v) is 7.07. The molecule has 0 unspecified atom stereocenters. The average molecular weight is 380 g/mol. The van der Waals surface area contributed by atoms with Gasteiger partial charge in [0.25, 0.3) is 0 Å². The van der Waals surface area contributed by atoms with E-state index >= 15 is 0 Å². The SMILES string of the molecule is C[C@H](C(=O)Nc1cccc(-c2nnnn2C)c1)N1C(=O)[C@H]2CC=CC[C@H]2C1=O. The lowest BCUT2D eigenvalue weighted by Gasteiger charge is -2.22. The second-order valence-electron chi connectivity index (χ2n) is 7.07. The molecule has 3 atom stereocenters. The van der Waals surface area contributed by atoms with E-state index in [4.69, 9.17) is 0 Å². The first kappa shape index (κ1) is 18.0. The lowest BCUT2D eigenvalue weighted by molar-refractivity contribution is -0.146. The maximum Gasteiger partial charge on any atom is 0.247 e. The molecule has 2 aliphatic rings. The number of rotatable bonds is 4. The van der Waals surface area contributed by atoms with Gasteiger partial charge < -0.3 is 5.32 Å². The number of carbonyl (C=O) groups excluding carboxylic acids is 3. The molecule has 1 fully saturated rings. The predicted molar refractivity (Wildman–Crippen MR) is 99.5 cm³/mol. The first-order valence-corrected chi connectivity index (χ1v) is 9.13. The Balaban J connectivity index is 1.50. The standard InChI is InChI=1S/C19H20N6O3/c1-11(25-18(27)14-8-3-4-9-15(14)19(25)28)17(26)20-13-7-5-6-12(10-13)16-21-22-23-24(16)2/h3-7,10-11,14-15H,8-9H2,1-2H3,(H,20,26)/t11-,14-,15+/m1/s1. The van der Waals surface area contributed by atoms with Crippen LogP contribution in [0.3, 0.4) is 0 Å². The number of hydrogen-bond donors (Lipinski definition) is 1. The van der Waals surface area contributed by atoms with Gasteiger partial charge in [-0.15, -0.1) is 5.10 Å². The van der Waals surface area contributed by atoms with E-state index < -0.39 is 11.9 Å². The molecule has 1 aromatic heterocycles. The van der Waals surface area contributed by atoms with E-state index in [1.807, 2.05) is 18.2 Å². The molecule has 1 aliphatic heterocycles. The molecule has 0 saturated carbocycles. The van der Waals surface area contributed by atoms with Gasteiger partial charge in [0, 0.05) is 18.3 Å². The number of tetrazole rings is 1. The van der Waals surface area contributed by atoms with Gasteiger partial charge in [-0.05, 0) is 42.3 Å².